The highest BCUT2D eigenvalue weighted by molar-refractivity contribution is 5.94. The van der Waals surface area contributed by atoms with Gasteiger partial charge in [0, 0.05) is 30.8 Å². The summed E-state index contributed by atoms with van der Waals surface area (Å²) in [6.07, 6.45) is 0.788. The summed E-state index contributed by atoms with van der Waals surface area (Å²) in [4.78, 5) is 23.8. The van der Waals surface area contributed by atoms with Crippen molar-refractivity contribution >= 4 is 17.3 Å². The second-order valence-electron chi connectivity index (χ2n) is 5.20. The van der Waals surface area contributed by atoms with E-state index in [1.54, 1.807) is 6.07 Å². The molecule has 2 atom stereocenters. The molecule has 7 heteroatoms. The van der Waals surface area contributed by atoms with Crippen LogP contribution in [0.25, 0.3) is 0 Å². The van der Waals surface area contributed by atoms with Crippen LogP contribution < -0.4 is 16.4 Å². The molecule has 1 aromatic rings. The van der Waals surface area contributed by atoms with Crippen molar-refractivity contribution in [3.05, 3.63) is 33.9 Å². The molecule has 0 aliphatic carbocycles. The fourth-order valence-corrected chi connectivity index (χ4v) is 2.47. The van der Waals surface area contributed by atoms with Crippen molar-refractivity contribution in [2.45, 2.75) is 19.4 Å². The Balaban J connectivity index is 2.36. The highest BCUT2D eigenvalue weighted by Gasteiger charge is 2.28. The number of amides is 1. The maximum absolute atomic E-state index is 11.2. The lowest BCUT2D eigenvalue weighted by atomic mass is 9.94. The zero-order valence-electron chi connectivity index (χ0n) is 11.3. The maximum atomic E-state index is 11.2. The molecule has 2 rings (SSSR count). The van der Waals surface area contributed by atoms with Gasteiger partial charge >= 0.3 is 0 Å². The van der Waals surface area contributed by atoms with Crippen molar-refractivity contribution in [3.8, 4) is 0 Å². The molecule has 1 aliphatic rings. The van der Waals surface area contributed by atoms with Crippen LogP contribution in [0, 0.1) is 16.0 Å². The van der Waals surface area contributed by atoms with E-state index in [1.165, 1.54) is 12.1 Å². The van der Waals surface area contributed by atoms with Gasteiger partial charge in [0.15, 0.2) is 0 Å². The molecule has 0 spiro atoms. The fourth-order valence-electron chi connectivity index (χ4n) is 2.47. The molecule has 1 aliphatic heterocycles. The lowest BCUT2D eigenvalue weighted by Gasteiger charge is -2.36. The van der Waals surface area contributed by atoms with Crippen LogP contribution in [-0.4, -0.2) is 30.0 Å². The predicted molar refractivity (Wildman–Crippen MR) is 75.6 cm³/mol. The van der Waals surface area contributed by atoms with Crippen LogP contribution in [0.2, 0.25) is 0 Å². The van der Waals surface area contributed by atoms with E-state index in [9.17, 15) is 14.9 Å². The molecule has 1 aromatic carbocycles. The summed E-state index contributed by atoms with van der Waals surface area (Å²) in [7, 11) is 0. The van der Waals surface area contributed by atoms with Crippen LogP contribution in [-0.2, 0) is 0 Å². The molecule has 108 valence electrons. The molecule has 0 radical (unpaired) electrons. The van der Waals surface area contributed by atoms with E-state index in [2.05, 4.69) is 0 Å². The standard InChI is InChI=1S/C13H18N4O3/c1-8-7-16(5-4-10(8)14)11-3-2-9(13(15)18)6-12(11)17(19)20/h2-3,6,8,10H,4-5,7,14H2,1H3,(H2,15,18). The lowest BCUT2D eigenvalue weighted by molar-refractivity contribution is -0.384. The van der Waals surface area contributed by atoms with Crippen LogP contribution in [0.15, 0.2) is 18.2 Å². The van der Waals surface area contributed by atoms with E-state index in [0.717, 1.165) is 6.42 Å². The third-order valence-corrected chi connectivity index (χ3v) is 3.77. The average Bonchev–Trinajstić information content (AvgIpc) is 2.41. The second kappa shape index (κ2) is 5.46. The number of carbonyl (C=O) groups is 1. The van der Waals surface area contributed by atoms with Gasteiger partial charge < -0.3 is 16.4 Å². The van der Waals surface area contributed by atoms with Crippen molar-refractivity contribution in [3.63, 3.8) is 0 Å². The molecule has 4 N–H and O–H groups in total. The van der Waals surface area contributed by atoms with E-state index >= 15 is 0 Å². The molecule has 1 fully saturated rings. The zero-order chi connectivity index (χ0) is 14.9. The topological polar surface area (TPSA) is 115 Å². The number of carbonyl (C=O) groups excluding carboxylic acids is 1. The number of hydrogen-bond donors (Lipinski definition) is 2. The number of nitrogens with zero attached hydrogens (tertiary/aromatic N) is 2. The monoisotopic (exact) mass is 278 g/mol. The minimum atomic E-state index is -0.673. The average molecular weight is 278 g/mol. The number of nitro groups is 1. The molecule has 20 heavy (non-hydrogen) atoms. The molecule has 1 heterocycles. The molecule has 0 bridgehead atoms. The normalized spacial score (nSPS) is 22.6. The number of anilines is 1. The number of nitro benzene ring substituents is 1. The summed E-state index contributed by atoms with van der Waals surface area (Å²) in [5.41, 5.74) is 11.7. The minimum absolute atomic E-state index is 0.0935. The van der Waals surface area contributed by atoms with Crippen LogP contribution in [0.4, 0.5) is 11.4 Å². The molecule has 1 amide bonds. The highest BCUT2D eigenvalue weighted by Crippen LogP contribution is 2.32. The van der Waals surface area contributed by atoms with Gasteiger partial charge in [0.05, 0.1) is 4.92 Å². The Hall–Kier alpha value is -2.15. The van der Waals surface area contributed by atoms with Crippen LogP contribution in [0.1, 0.15) is 23.7 Å². The Labute approximate surface area is 116 Å². The molecule has 1 saturated heterocycles. The van der Waals surface area contributed by atoms with Gasteiger partial charge in [0.2, 0.25) is 5.91 Å². The Morgan fingerprint density at radius 3 is 2.75 bits per heavy atom. The number of piperidine rings is 1. The predicted octanol–water partition coefficient (Wildman–Crippen LogP) is 0.867. The van der Waals surface area contributed by atoms with Crippen molar-refractivity contribution in [2.24, 2.45) is 17.4 Å². The molecule has 2 unspecified atom stereocenters. The number of benzene rings is 1. The van der Waals surface area contributed by atoms with E-state index in [-0.39, 0.29) is 23.2 Å². The molecule has 0 aromatic heterocycles. The number of nitrogens with two attached hydrogens (primary N) is 2. The van der Waals surface area contributed by atoms with Gasteiger partial charge in [0.1, 0.15) is 5.69 Å². The third kappa shape index (κ3) is 2.72. The Bertz CT molecular complexity index is 546. The summed E-state index contributed by atoms with van der Waals surface area (Å²) in [5, 5.41) is 11.2. The first-order chi connectivity index (χ1) is 9.40. The van der Waals surface area contributed by atoms with Crippen LogP contribution in [0.3, 0.4) is 0 Å². The summed E-state index contributed by atoms with van der Waals surface area (Å²) < 4.78 is 0. The van der Waals surface area contributed by atoms with Crippen LogP contribution in [0.5, 0.6) is 0 Å². The first-order valence-corrected chi connectivity index (χ1v) is 6.49. The Morgan fingerprint density at radius 2 is 2.20 bits per heavy atom. The van der Waals surface area contributed by atoms with Gasteiger partial charge in [-0.1, -0.05) is 6.92 Å². The van der Waals surface area contributed by atoms with Crippen molar-refractivity contribution < 1.29 is 9.72 Å². The zero-order valence-corrected chi connectivity index (χ0v) is 11.3. The Morgan fingerprint density at radius 1 is 1.50 bits per heavy atom. The first-order valence-electron chi connectivity index (χ1n) is 6.49. The van der Waals surface area contributed by atoms with Gasteiger partial charge in [-0.15, -0.1) is 0 Å². The quantitative estimate of drug-likeness (QED) is 0.628. The first kappa shape index (κ1) is 14.3. The van der Waals surface area contributed by atoms with E-state index in [0.29, 0.717) is 18.8 Å². The van der Waals surface area contributed by atoms with E-state index in [1.807, 2.05) is 11.8 Å². The fraction of sp³-hybridized carbons (Fsp3) is 0.462. The largest absolute Gasteiger partial charge is 0.366 e. The second-order valence-corrected chi connectivity index (χ2v) is 5.20. The summed E-state index contributed by atoms with van der Waals surface area (Å²) in [6, 6.07) is 4.46. The summed E-state index contributed by atoms with van der Waals surface area (Å²) in [6.45, 7) is 3.36. The van der Waals surface area contributed by atoms with Gasteiger partial charge in [0.25, 0.3) is 5.69 Å². The van der Waals surface area contributed by atoms with Gasteiger partial charge in [-0.25, -0.2) is 0 Å². The smallest absolute Gasteiger partial charge is 0.293 e. The van der Waals surface area contributed by atoms with E-state index < -0.39 is 10.8 Å². The van der Waals surface area contributed by atoms with Crippen molar-refractivity contribution in [1.29, 1.82) is 0 Å². The van der Waals surface area contributed by atoms with Crippen LogP contribution >= 0.6 is 0 Å². The number of hydrogen-bond acceptors (Lipinski definition) is 5. The van der Waals surface area contributed by atoms with Crippen molar-refractivity contribution in [2.75, 3.05) is 18.0 Å². The van der Waals surface area contributed by atoms with E-state index in [4.69, 9.17) is 11.5 Å². The molecule has 0 saturated carbocycles. The molecule has 7 nitrogen and oxygen atoms in total. The summed E-state index contributed by atoms with van der Waals surface area (Å²) in [5.74, 6) is -0.409. The highest BCUT2D eigenvalue weighted by atomic mass is 16.6. The number of primary amides is 1. The molecular formula is C13H18N4O3. The van der Waals surface area contributed by atoms with Gasteiger partial charge in [-0.3, -0.25) is 14.9 Å². The minimum Gasteiger partial charge on any atom is -0.366 e. The number of rotatable bonds is 3. The van der Waals surface area contributed by atoms with Gasteiger partial charge in [-0.05, 0) is 24.5 Å². The third-order valence-electron chi connectivity index (χ3n) is 3.77. The lowest BCUT2D eigenvalue weighted by Crippen LogP contribution is -2.46. The van der Waals surface area contributed by atoms with Gasteiger partial charge in [-0.2, -0.15) is 0 Å². The Kier molecular flexibility index (Phi) is 3.89. The maximum Gasteiger partial charge on any atom is 0.293 e. The summed E-state index contributed by atoms with van der Waals surface area (Å²) >= 11 is 0. The van der Waals surface area contributed by atoms with Crippen molar-refractivity contribution in [1.82, 2.24) is 0 Å². The molecular weight excluding hydrogens is 260 g/mol. The SMILES string of the molecule is CC1CN(c2ccc(C(N)=O)cc2[N+](=O)[O-])CCC1N.